The number of amides is 1. The van der Waals surface area contributed by atoms with Crippen LogP contribution in [0.15, 0.2) is 24.5 Å². The highest BCUT2D eigenvalue weighted by molar-refractivity contribution is 6.33. The first-order valence-corrected chi connectivity index (χ1v) is 11.1. The first-order chi connectivity index (χ1) is 15.3. The van der Waals surface area contributed by atoms with Crippen LogP contribution in [0.3, 0.4) is 0 Å². The minimum absolute atomic E-state index is 0.0226. The molecule has 1 aliphatic heterocycles. The molecule has 0 bridgehead atoms. The molecule has 1 amide bonds. The van der Waals surface area contributed by atoms with E-state index in [0.29, 0.717) is 41.1 Å². The number of hydrogen-bond donors (Lipinski definition) is 1. The normalized spacial score (nSPS) is 18.9. The third kappa shape index (κ3) is 4.58. The van der Waals surface area contributed by atoms with Gasteiger partial charge in [0.05, 0.1) is 34.0 Å². The molecule has 1 atom stereocenters. The third-order valence-electron chi connectivity index (χ3n) is 5.98. The standard InChI is InChI=1S/C23H26ClN5O3/c1-14(2)31-22(30)29-9-6-19(23(12-29)7-8-23)32-21-15(3)20(26-13-27-21)28-18-5-4-16(11-25)10-17(18)24/h4-5,10,13-14,19H,6-9,12H2,1-3H3,(H,26,27,28). The van der Waals surface area contributed by atoms with Crippen molar-refractivity contribution < 1.29 is 14.3 Å². The number of anilines is 2. The molecule has 1 aromatic carbocycles. The Kier molecular flexibility index (Phi) is 6.11. The predicted octanol–water partition coefficient (Wildman–Crippen LogP) is 4.83. The van der Waals surface area contributed by atoms with Crippen molar-refractivity contribution in [1.82, 2.24) is 14.9 Å². The maximum absolute atomic E-state index is 12.3. The van der Waals surface area contributed by atoms with Gasteiger partial charge in [0.2, 0.25) is 5.88 Å². The number of nitrogens with zero attached hydrogens (tertiary/aromatic N) is 4. The first-order valence-electron chi connectivity index (χ1n) is 10.7. The molecule has 2 aliphatic rings. The summed E-state index contributed by atoms with van der Waals surface area (Å²) in [5.74, 6) is 1.10. The van der Waals surface area contributed by atoms with Gasteiger partial charge in [-0.15, -0.1) is 0 Å². The maximum Gasteiger partial charge on any atom is 0.410 e. The lowest BCUT2D eigenvalue weighted by Crippen LogP contribution is -2.49. The van der Waals surface area contributed by atoms with Crippen LogP contribution in [0.2, 0.25) is 5.02 Å². The van der Waals surface area contributed by atoms with Gasteiger partial charge in [-0.25, -0.2) is 14.8 Å². The van der Waals surface area contributed by atoms with Crippen molar-refractivity contribution >= 4 is 29.2 Å². The molecule has 2 heterocycles. The van der Waals surface area contributed by atoms with Crippen molar-refractivity contribution in [2.75, 3.05) is 18.4 Å². The number of rotatable bonds is 5. The number of carbonyl (C=O) groups excluding carboxylic acids is 1. The molecule has 1 aromatic heterocycles. The number of likely N-dealkylation sites (tertiary alicyclic amines) is 1. The van der Waals surface area contributed by atoms with Crippen LogP contribution in [-0.2, 0) is 4.74 Å². The van der Waals surface area contributed by atoms with Gasteiger partial charge in [-0.05, 0) is 51.8 Å². The van der Waals surface area contributed by atoms with Gasteiger partial charge in [0.15, 0.2) is 0 Å². The van der Waals surface area contributed by atoms with Crippen LogP contribution < -0.4 is 10.1 Å². The zero-order valence-electron chi connectivity index (χ0n) is 18.4. The van der Waals surface area contributed by atoms with Gasteiger partial charge >= 0.3 is 6.09 Å². The molecular weight excluding hydrogens is 430 g/mol. The molecule has 1 aliphatic carbocycles. The quantitative estimate of drug-likeness (QED) is 0.688. The molecule has 4 rings (SSSR count). The second kappa shape index (κ2) is 8.83. The SMILES string of the molecule is Cc1c(Nc2ccc(C#N)cc2Cl)ncnc1OC1CCN(C(=O)OC(C)C)CC12CC2. The van der Waals surface area contributed by atoms with Gasteiger partial charge in [0, 0.05) is 24.9 Å². The fourth-order valence-electron chi connectivity index (χ4n) is 4.02. The van der Waals surface area contributed by atoms with Crippen molar-refractivity contribution in [2.24, 2.45) is 5.41 Å². The Bertz CT molecular complexity index is 1060. The van der Waals surface area contributed by atoms with E-state index in [1.165, 1.54) is 6.33 Å². The third-order valence-corrected chi connectivity index (χ3v) is 6.29. The van der Waals surface area contributed by atoms with Gasteiger partial charge in [0.25, 0.3) is 0 Å². The smallest absolute Gasteiger partial charge is 0.410 e. The number of benzene rings is 1. The number of aromatic nitrogens is 2. The van der Waals surface area contributed by atoms with Gasteiger partial charge in [0.1, 0.15) is 18.2 Å². The molecule has 0 radical (unpaired) electrons. The number of nitriles is 1. The Hall–Kier alpha value is -3.05. The molecule has 2 aromatic rings. The number of carbonyl (C=O) groups is 1. The van der Waals surface area contributed by atoms with Crippen LogP contribution in [0.25, 0.3) is 0 Å². The highest BCUT2D eigenvalue weighted by Gasteiger charge is 2.55. The lowest BCUT2D eigenvalue weighted by atomic mass is 9.91. The molecule has 1 spiro atoms. The van der Waals surface area contributed by atoms with E-state index in [0.717, 1.165) is 24.8 Å². The van der Waals surface area contributed by atoms with Crippen LogP contribution >= 0.6 is 11.6 Å². The highest BCUT2D eigenvalue weighted by Crippen LogP contribution is 2.53. The number of ether oxygens (including phenoxy) is 2. The first kappa shape index (κ1) is 22.2. The van der Waals surface area contributed by atoms with Gasteiger partial charge in [-0.3, -0.25) is 0 Å². The van der Waals surface area contributed by atoms with E-state index >= 15 is 0 Å². The monoisotopic (exact) mass is 455 g/mol. The summed E-state index contributed by atoms with van der Waals surface area (Å²) in [5, 5.41) is 12.7. The Morgan fingerprint density at radius 2 is 2.16 bits per heavy atom. The fraction of sp³-hybridized carbons (Fsp3) is 0.478. The zero-order chi connectivity index (χ0) is 22.9. The van der Waals surface area contributed by atoms with Gasteiger partial charge < -0.3 is 19.7 Å². The minimum Gasteiger partial charge on any atom is -0.473 e. The summed E-state index contributed by atoms with van der Waals surface area (Å²) in [6, 6.07) is 7.11. The van der Waals surface area contributed by atoms with Crippen molar-refractivity contribution in [2.45, 2.75) is 52.2 Å². The van der Waals surface area contributed by atoms with Crippen LogP contribution in [0.4, 0.5) is 16.3 Å². The molecule has 1 N–H and O–H groups in total. The average Bonchev–Trinajstić information content (AvgIpc) is 3.52. The molecule has 1 unspecified atom stereocenters. The van der Waals surface area contributed by atoms with Gasteiger partial charge in [-0.1, -0.05) is 11.6 Å². The Labute approximate surface area is 192 Å². The summed E-state index contributed by atoms with van der Waals surface area (Å²) in [6.45, 7) is 6.84. The van der Waals surface area contributed by atoms with Crippen molar-refractivity contribution in [1.29, 1.82) is 5.26 Å². The van der Waals surface area contributed by atoms with Crippen LogP contribution in [-0.4, -0.2) is 46.3 Å². The van der Waals surface area contributed by atoms with E-state index in [9.17, 15) is 4.79 Å². The van der Waals surface area contributed by atoms with Gasteiger partial charge in [-0.2, -0.15) is 5.26 Å². The Balaban J connectivity index is 1.47. The molecule has 9 heteroatoms. The van der Waals surface area contributed by atoms with Crippen LogP contribution in [0, 0.1) is 23.7 Å². The second-order valence-electron chi connectivity index (χ2n) is 8.70. The number of halogens is 1. The lowest BCUT2D eigenvalue weighted by Gasteiger charge is -2.38. The summed E-state index contributed by atoms with van der Waals surface area (Å²) in [7, 11) is 0. The zero-order valence-corrected chi connectivity index (χ0v) is 19.1. The maximum atomic E-state index is 12.3. The predicted molar refractivity (Wildman–Crippen MR) is 120 cm³/mol. The average molecular weight is 456 g/mol. The topological polar surface area (TPSA) is 100 Å². The van der Waals surface area contributed by atoms with Crippen LogP contribution in [0.5, 0.6) is 5.88 Å². The summed E-state index contributed by atoms with van der Waals surface area (Å²) < 4.78 is 11.7. The lowest BCUT2D eigenvalue weighted by molar-refractivity contribution is 0.0120. The van der Waals surface area contributed by atoms with Crippen molar-refractivity contribution in [3.8, 4) is 11.9 Å². The number of hydrogen-bond acceptors (Lipinski definition) is 7. The van der Waals surface area contributed by atoms with E-state index in [1.54, 1.807) is 23.1 Å². The summed E-state index contributed by atoms with van der Waals surface area (Å²) in [6.07, 6.45) is 3.79. The summed E-state index contributed by atoms with van der Waals surface area (Å²) in [5.41, 5.74) is 1.86. The molecule has 8 nitrogen and oxygen atoms in total. The molecule has 168 valence electrons. The van der Waals surface area contributed by atoms with E-state index in [4.69, 9.17) is 26.3 Å². The Morgan fingerprint density at radius 1 is 1.38 bits per heavy atom. The molecule has 1 saturated heterocycles. The summed E-state index contributed by atoms with van der Waals surface area (Å²) in [4.78, 5) is 22.8. The molecule has 32 heavy (non-hydrogen) atoms. The van der Waals surface area contributed by atoms with E-state index in [-0.39, 0.29) is 23.7 Å². The second-order valence-corrected chi connectivity index (χ2v) is 9.10. The van der Waals surface area contributed by atoms with Crippen molar-refractivity contribution in [3.63, 3.8) is 0 Å². The van der Waals surface area contributed by atoms with E-state index in [2.05, 4.69) is 21.4 Å². The fourth-order valence-corrected chi connectivity index (χ4v) is 4.25. The molecule has 2 fully saturated rings. The van der Waals surface area contributed by atoms with E-state index in [1.807, 2.05) is 20.8 Å². The largest absolute Gasteiger partial charge is 0.473 e. The summed E-state index contributed by atoms with van der Waals surface area (Å²) >= 11 is 6.29. The molecular formula is C23H26ClN5O3. The minimum atomic E-state index is -0.256. The highest BCUT2D eigenvalue weighted by atomic mass is 35.5. The van der Waals surface area contributed by atoms with Crippen LogP contribution in [0.1, 0.15) is 44.2 Å². The number of nitrogens with one attached hydrogen (secondary N) is 1. The Morgan fingerprint density at radius 3 is 2.81 bits per heavy atom. The van der Waals surface area contributed by atoms with E-state index < -0.39 is 0 Å². The number of piperidine rings is 1. The molecule has 1 saturated carbocycles. The van der Waals surface area contributed by atoms with Crippen molar-refractivity contribution in [3.05, 3.63) is 40.7 Å².